The molecule has 2 aromatic heterocycles. The molecule has 2 heterocycles. The molecule has 0 atom stereocenters. The molecular weight excluding hydrogens is 456 g/mol. The van der Waals surface area contributed by atoms with Gasteiger partial charge in [-0.25, -0.2) is 4.68 Å². The molecule has 0 amide bonds. The Labute approximate surface area is 207 Å². The van der Waals surface area contributed by atoms with Crippen LogP contribution in [-0.4, -0.2) is 14.3 Å². The fraction of sp³-hybridized carbons (Fsp3) is 0.0357. The van der Waals surface area contributed by atoms with Crippen LogP contribution in [0.3, 0.4) is 0 Å². The van der Waals surface area contributed by atoms with E-state index in [0.717, 1.165) is 22.0 Å². The summed E-state index contributed by atoms with van der Waals surface area (Å²) >= 11 is 6.40. The lowest BCUT2D eigenvalue weighted by Gasteiger charge is -2.07. The lowest BCUT2D eigenvalue weighted by molar-refractivity contribution is 0.836. The first kappa shape index (κ1) is 22.0. The average molecular weight is 475 g/mol. The van der Waals surface area contributed by atoms with Crippen LogP contribution in [0.5, 0.6) is 0 Å². The van der Waals surface area contributed by atoms with Gasteiger partial charge in [-0.3, -0.25) is 0 Å². The molecular formula is C28H19ClN6. The van der Waals surface area contributed by atoms with Crippen LogP contribution < -0.4 is 5.73 Å². The third-order valence-corrected chi connectivity index (χ3v) is 6.20. The molecule has 6 nitrogen and oxygen atoms in total. The predicted molar refractivity (Wildman–Crippen MR) is 139 cm³/mol. The number of nitrogens with zero attached hydrogens (tertiary/aromatic N) is 5. The van der Waals surface area contributed by atoms with E-state index < -0.39 is 0 Å². The van der Waals surface area contributed by atoms with Gasteiger partial charge in [0.25, 0.3) is 0 Å². The maximum atomic E-state index is 10.0. The SMILES string of the molecule is N#C/C(=C\c1cn(Cc2ccccc2Cl)c2ccccc12)c1nn(-c2ccccc2)c(N)c1C#N. The summed E-state index contributed by atoms with van der Waals surface area (Å²) < 4.78 is 3.58. The summed E-state index contributed by atoms with van der Waals surface area (Å²) in [6, 6.07) is 29.3. The fourth-order valence-corrected chi connectivity index (χ4v) is 4.33. The number of hydrogen-bond acceptors (Lipinski definition) is 4. The molecule has 7 heteroatoms. The Morgan fingerprint density at radius 3 is 2.43 bits per heavy atom. The second-order valence-electron chi connectivity index (χ2n) is 7.96. The van der Waals surface area contributed by atoms with Crippen molar-refractivity contribution < 1.29 is 0 Å². The van der Waals surface area contributed by atoms with E-state index in [-0.39, 0.29) is 22.6 Å². The van der Waals surface area contributed by atoms with Gasteiger partial charge in [-0.05, 0) is 35.9 Å². The molecule has 168 valence electrons. The summed E-state index contributed by atoms with van der Waals surface area (Å²) in [7, 11) is 0. The first-order chi connectivity index (χ1) is 17.1. The molecule has 5 rings (SSSR count). The summed E-state index contributed by atoms with van der Waals surface area (Å²) in [5, 5.41) is 26.0. The third kappa shape index (κ3) is 4.04. The summed E-state index contributed by atoms with van der Waals surface area (Å²) in [6.07, 6.45) is 3.73. The standard InChI is InChI=1S/C28H19ClN6/c29-25-12-6-4-8-19(25)17-34-18-21(23-11-5-7-13-26(23)34)14-20(15-30)27-24(16-31)28(32)35(33-27)22-9-2-1-3-10-22/h1-14,18H,17,32H2/b20-14+. The van der Waals surface area contributed by atoms with Crippen molar-refractivity contribution in [2.24, 2.45) is 0 Å². The van der Waals surface area contributed by atoms with E-state index in [4.69, 9.17) is 17.3 Å². The Balaban J connectivity index is 1.64. The molecule has 0 bridgehead atoms. The Hall–Kier alpha value is -4.78. The van der Waals surface area contributed by atoms with E-state index in [1.165, 1.54) is 4.68 Å². The van der Waals surface area contributed by atoms with Crippen LogP contribution in [0, 0.1) is 22.7 Å². The number of hydrogen-bond donors (Lipinski definition) is 1. The molecule has 0 aliphatic heterocycles. The number of nitrogens with two attached hydrogens (primary N) is 1. The van der Waals surface area contributed by atoms with Crippen molar-refractivity contribution in [1.82, 2.24) is 14.3 Å². The molecule has 2 N–H and O–H groups in total. The molecule has 0 radical (unpaired) electrons. The number of rotatable bonds is 5. The maximum absolute atomic E-state index is 10.0. The lowest BCUT2D eigenvalue weighted by atomic mass is 10.1. The quantitative estimate of drug-likeness (QED) is 0.314. The fourth-order valence-electron chi connectivity index (χ4n) is 4.14. The highest BCUT2D eigenvalue weighted by atomic mass is 35.5. The zero-order valence-corrected chi connectivity index (χ0v) is 19.3. The van der Waals surface area contributed by atoms with Gasteiger partial charge in [0.1, 0.15) is 29.2 Å². The van der Waals surface area contributed by atoms with Crippen molar-refractivity contribution in [1.29, 1.82) is 10.5 Å². The smallest absolute Gasteiger partial charge is 0.145 e. The molecule has 0 aliphatic rings. The van der Waals surface area contributed by atoms with Gasteiger partial charge in [0.15, 0.2) is 0 Å². The Morgan fingerprint density at radius 2 is 1.69 bits per heavy atom. The highest BCUT2D eigenvalue weighted by Crippen LogP contribution is 2.30. The van der Waals surface area contributed by atoms with Crippen LogP contribution in [0.15, 0.2) is 85.1 Å². The molecule has 0 saturated carbocycles. The van der Waals surface area contributed by atoms with Gasteiger partial charge in [0, 0.05) is 34.2 Å². The molecule has 3 aromatic carbocycles. The minimum Gasteiger partial charge on any atom is -0.382 e. The lowest BCUT2D eigenvalue weighted by Crippen LogP contribution is -2.02. The van der Waals surface area contributed by atoms with Crippen LogP contribution in [0.25, 0.3) is 28.2 Å². The Kier molecular flexibility index (Phi) is 5.81. The van der Waals surface area contributed by atoms with Crippen LogP contribution in [0.1, 0.15) is 22.4 Å². The van der Waals surface area contributed by atoms with E-state index in [9.17, 15) is 10.5 Å². The number of anilines is 1. The van der Waals surface area contributed by atoms with Crippen molar-refractivity contribution >= 4 is 40.0 Å². The third-order valence-electron chi connectivity index (χ3n) is 5.83. The van der Waals surface area contributed by atoms with Crippen molar-refractivity contribution in [3.8, 4) is 17.8 Å². The summed E-state index contributed by atoms with van der Waals surface area (Å²) in [4.78, 5) is 0. The van der Waals surface area contributed by atoms with E-state index in [2.05, 4.69) is 21.8 Å². The molecule has 35 heavy (non-hydrogen) atoms. The molecule has 0 aliphatic carbocycles. The first-order valence-corrected chi connectivity index (χ1v) is 11.3. The zero-order valence-electron chi connectivity index (χ0n) is 18.6. The van der Waals surface area contributed by atoms with Crippen molar-refractivity contribution in [2.75, 3.05) is 5.73 Å². The Morgan fingerprint density at radius 1 is 0.971 bits per heavy atom. The summed E-state index contributed by atoms with van der Waals surface area (Å²) in [6.45, 7) is 0.578. The predicted octanol–water partition coefficient (Wildman–Crippen LogP) is 6.05. The van der Waals surface area contributed by atoms with Crippen LogP contribution in [0.2, 0.25) is 5.02 Å². The molecule has 0 spiro atoms. The number of halogens is 1. The first-order valence-electron chi connectivity index (χ1n) is 10.9. The number of nitrogen functional groups attached to an aromatic ring is 1. The topological polar surface area (TPSA) is 96.3 Å². The second kappa shape index (κ2) is 9.23. The van der Waals surface area contributed by atoms with Gasteiger partial charge in [-0.2, -0.15) is 15.6 Å². The van der Waals surface area contributed by atoms with Gasteiger partial charge in [-0.1, -0.05) is 66.2 Å². The van der Waals surface area contributed by atoms with Gasteiger partial charge >= 0.3 is 0 Å². The van der Waals surface area contributed by atoms with Crippen molar-refractivity contribution in [2.45, 2.75) is 6.54 Å². The van der Waals surface area contributed by atoms with Crippen LogP contribution in [-0.2, 0) is 6.54 Å². The van der Waals surface area contributed by atoms with Crippen LogP contribution in [0.4, 0.5) is 5.82 Å². The highest BCUT2D eigenvalue weighted by molar-refractivity contribution is 6.31. The normalized spacial score (nSPS) is 11.3. The summed E-state index contributed by atoms with van der Waals surface area (Å²) in [5.74, 6) is 0.191. The number of fused-ring (bicyclic) bond motifs is 1. The molecule has 0 fully saturated rings. The second-order valence-corrected chi connectivity index (χ2v) is 8.37. The number of para-hydroxylation sites is 2. The van der Waals surface area contributed by atoms with Crippen molar-refractivity contribution in [3.63, 3.8) is 0 Å². The minimum atomic E-state index is 0.168. The Bertz CT molecular complexity index is 1660. The molecule has 5 aromatic rings. The van der Waals surface area contributed by atoms with E-state index in [1.54, 1.807) is 6.08 Å². The van der Waals surface area contributed by atoms with E-state index in [1.807, 2.05) is 85.1 Å². The van der Waals surface area contributed by atoms with Gasteiger partial charge in [0.05, 0.1) is 11.3 Å². The monoisotopic (exact) mass is 474 g/mol. The largest absolute Gasteiger partial charge is 0.382 e. The van der Waals surface area contributed by atoms with E-state index in [0.29, 0.717) is 17.3 Å². The van der Waals surface area contributed by atoms with Gasteiger partial charge in [0.2, 0.25) is 0 Å². The molecule has 0 unspecified atom stereocenters. The van der Waals surface area contributed by atoms with E-state index >= 15 is 0 Å². The molecule has 0 saturated heterocycles. The summed E-state index contributed by atoms with van der Waals surface area (Å²) in [5.41, 5.74) is 10.5. The van der Waals surface area contributed by atoms with Crippen molar-refractivity contribution in [3.05, 3.63) is 112 Å². The maximum Gasteiger partial charge on any atom is 0.145 e. The number of nitriles is 2. The van der Waals surface area contributed by atoms with Gasteiger partial charge in [-0.15, -0.1) is 0 Å². The zero-order chi connectivity index (χ0) is 24.4. The minimum absolute atomic E-state index is 0.168. The number of benzene rings is 3. The number of allylic oxidation sites excluding steroid dienone is 1. The van der Waals surface area contributed by atoms with Crippen LogP contribution >= 0.6 is 11.6 Å². The number of aromatic nitrogens is 3. The van der Waals surface area contributed by atoms with Gasteiger partial charge < -0.3 is 10.3 Å². The average Bonchev–Trinajstić information content (AvgIpc) is 3.41. The highest BCUT2D eigenvalue weighted by Gasteiger charge is 2.20.